The van der Waals surface area contributed by atoms with Crippen LogP contribution in [-0.4, -0.2) is 97.9 Å². The molecular weight excluding hydrogens is 1010 g/mol. The molecule has 3 rings (SSSR count). The summed E-state index contributed by atoms with van der Waals surface area (Å²) in [6.45, 7) is 1.86. The minimum atomic E-state index is -5.46. The smallest absolute Gasteiger partial charge is 0.462 e. The van der Waals surface area contributed by atoms with E-state index in [2.05, 4.69) is 96.1 Å². The number of phosphoric ester groups is 2. The van der Waals surface area contributed by atoms with E-state index in [4.69, 9.17) is 33.7 Å². The number of aliphatic hydroxyl groups excluding tert-OH is 2. The molecule has 0 aliphatic carbocycles. The standard InChI is InChI=1S/C54H81N3O16P2/c1-3-5-7-9-11-12-13-14-15-16-17-18-19-20-21-22-25-29-33-37-49(58)67-41-44(70-50(59)38-34-30-26-23-24-28-32-36-46-45(71-46)35-31-27-10-8-6-4-2)42-68-74(63,64)73-75(65,66)69-43-47-51(60)52(61)53(72-47)57-40-39-48(55)56-54(57)62/h5,7,11-12,14-15,17-18,20-21,23,25-29,31-32,39-40,44-47,51-53,60-61H,3-4,6,8-10,13,16,19,22,24,30,33-38,41-43H2,1-2H3,(H,63,64)(H,65,66)(H2,55,56,62)/b7-5-,12-11-,15-14-,18-17-,21-20-,26-23-,29-25-,31-27-,32-28-/t44-,45?,46?,47-,51-,52-,53-/m1/s1. The van der Waals surface area contributed by atoms with Crippen molar-refractivity contribution >= 4 is 33.4 Å². The maximum atomic E-state index is 12.9. The highest BCUT2D eigenvalue weighted by Gasteiger charge is 2.46. The Kier molecular flexibility index (Phi) is 32.8. The van der Waals surface area contributed by atoms with Crippen molar-refractivity contribution < 1.29 is 71.0 Å². The fraction of sp³-hybridized carbons (Fsp3) is 0.556. The van der Waals surface area contributed by atoms with Crippen LogP contribution in [0.4, 0.5) is 5.82 Å². The number of hydrogen-bond acceptors (Lipinski definition) is 16. The molecule has 418 valence electrons. The zero-order valence-corrected chi connectivity index (χ0v) is 45.3. The third-order valence-electron chi connectivity index (χ3n) is 11.3. The third-order valence-corrected chi connectivity index (χ3v) is 13.9. The van der Waals surface area contributed by atoms with E-state index in [1.54, 1.807) is 0 Å². The average Bonchev–Trinajstić information content (AvgIpc) is 4.06. The Morgan fingerprint density at radius 2 is 1.20 bits per heavy atom. The summed E-state index contributed by atoms with van der Waals surface area (Å²) in [7, 11) is -10.9. The molecule has 0 radical (unpaired) electrons. The molecule has 0 spiro atoms. The van der Waals surface area contributed by atoms with Crippen LogP contribution in [0.3, 0.4) is 0 Å². The van der Waals surface area contributed by atoms with Crippen LogP contribution in [-0.2, 0) is 51.0 Å². The summed E-state index contributed by atoms with van der Waals surface area (Å²) < 4.78 is 62.4. The maximum Gasteiger partial charge on any atom is 0.481 e. The van der Waals surface area contributed by atoms with E-state index in [1.807, 2.05) is 36.5 Å². The van der Waals surface area contributed by atoms with Gasteiger partial charge in [-0.1, -0.05) is 136 Å². The second-order valence-electron chi connectivity index (χ2n) is 17.7. The Labute approximate surface area is 442 Å². The highest BCUT2D eigenvalue weighted by molar-refractivity contribution is 7.61. The summed E-state index contributed by atoms with van der Waals surface area (Å²) in [6.07, 6.45) is 45.0. The van der Waals surface area contributed by atoms with Gasteiger partial charge in [0, 0.05) is 19.0 Å². The van der Waals surface area contributed by atoms with Gasteiger partial charge < -0.3 is 44.7 Å². The maximum absolute atomic E-state index is 12.9. The second-order valence-corrected chi connectivity index (χ2v) is 20.7. The Hall–Kier alpha value is -4.62. The van der Waals surface area contributed by atoms with Crippen LogP contribution in [0.5, 0.6) is 0 Å². The molecule has 75 heavy (non-hydrogen) atoms. The number of carbonyl (C=O) groups is 2. The van der Waals surface area contributed by atoms with Gasteiger partial charge in [0.05, 0.1) is 25.4 Å². The molecule has 1 aromatic heterocycles. The predicted octanol–water partition coefficient (Wildman–Crippen LogP) is 9.99. The largest absolute Gasteiger partial charge is 0.481 e. The third kappa shape index (κ3) is 30.1. The Bertz CT molecular complexity index is 2260. The van der Waals surface area contributed by atoms with E-state index in [0.29, 0.717) is 32.1 Å². The number of rotatable bonds is 40. The Morgan fingerprint density at radius 1 is 0.667 bits per heavy atom. The lowest BCUT2D eigenvalue weighted by Gasteiger charge is -2.21. The number of nitrogen functional groups attached to an aromatic ring is 1. The van der Waals surface area contributed by atoms with Gasteiger partial charge in [-0.05, 0) is 96.0 Å². The minimum absolute atomic E-state index is 0.0195. The molecular formula is C54H81N3O16P2. The number of hydrogen-bond donors (Lipinski definition) is 5. The molecule has 0 aromatic carbocycles. The van der Waals surface area contributed by atoms with Gasteiger partial charge in [0.25, 0.3) is 0 Å². The molecule has 9 atom stereocenters. The topological polar surface area (TPSA) is 278 Å². The fourth-order valence-corrected chi connectivity index (χ4v) is 9.25. The SMILES string of the molecule is CC/C=C\C/C=C\C/C=C\C/C=C\C/C=C\C/C=C\CCC(=O)OC[C@H](COP(=O)(O)OP(=O)(O)OC[C@H]1O[C@@H](n2ccc(N)nc2=O)[C@H](O)[C@@H]1O)OC(=O)CCC/C=C\C/C=C\CC1OC1C/C=C\CCCCC. The van der Waals surface area contributed by atoms with Crippen LogP contribution in [0.15, 0.2) is 126 Å². The number of anilines is 1. The molecule has 1 aromatic rings. The molecule has 21 heteroatoms. The van der Waals surface area contributed by atoms with E-state index >= 15 is 0 Å². The van der Waals surface area contributed by atoms with Gasteiger partial charge >= 0.3 is 33.3 Å². The lowest BCUT2D eigenvalue weighted by atomic mass is 10.1. The van der Waals surface area contributed by atoms with Crippen molar-refractivity contribution in [2.45, 2.75) is 172 Å². The number of allylic oxidation sites excluding steroid dienone is 16. The molecule has 2 aliphatic rings. The molecule has 6 N–H and O–H groups in total. The fourth-order valence-electron chi connectivity index (χ4n) is 7.14. The van der Waals surface area contributed by atoms with Gasteiger partial charge in [-0.15, -0.1) is 0 Å². The molecule has 0 saturated carbocycles. The van der Waals surface area contributed by atoms with Crippen LogP contribution in [0.1, 0.15) is 136 Å². The van der Waals surface area contributed by atoms with Crippen molar-refractivity contribution in [2.75, 3.05) is 25.6 Å². The average molecular weight is 1090 g/mol. The first-order chi connectivity index (χ1) is 36.1. The van der Waals surface area contributed by atoms with Crippen molar-refractivity contribution in [2.24, 2.45) is 0 Å². The van der Waals surface area contributed by atoms with E-state index in [-0.39, 0.29) is 30.9 Å². The molecule has 3 heterocycles. The summed E-state index contributed by atoms with van der Waals surface area (Å²) in [6, 6.07) is 1.24. The van der Waals surface area contributed by atoms with Crippen LogP contribution in [0, 0.1) is 0 Å². The van der Waals surface area contributed by atoms with E-state index < -0.39 is 83.7 Å². The summed E-state index contributed by atoms with van der Waals surface area (Å²) >= 11 is 0. The lowest BCUT2D eigenvalue weighted by molar-refractivity contribution is -0.161. The molecule has 2 fully saturated rings. The number of esters is 2. The number of carbonyl (C=O) groups excluding carboxylic acids is 2. The molecule has 0 amide bonds. The quantitative estimate of drug-likeness (QED) is 0.0134. The number of phosphoric acid groups is 2. The van der Waals surface area contributed by atoms with Crippen molar-refractivity contribution in [3.63, 3.8) is 0 Å². The van der Waals surface area contributed by atoms with E-state index in [0.717, 1.165) is 62.1 Å². The molecule has 0 bridgehead atoms. The first-order valence-corrected chi connectivity index (χ1v) is 29.0. The summed E-state index contributed by atoms with van der Waals surface area (Å²) in [5.41, 5.74) is 4.58. The van der Waals surface area contributed by atoms with E-state index in [1.165, 1.54) is 25.3 Å². The van der Waals surface area contributed by atoms with Gasteiger partial charge in [-0.2, -0.15) is 9.29 Å². The summed E-state index contributed by atoms with van der Waals surface area (Å²) in [5.74, 6) is -1.49. The number of aromatic nitrogens is 2. The van der Waals surface area contributed by atoms with Crippen LogP contribution in [0.2, 0.25) is 0 Å². The van der Waals surface area contributed by atoms with Gasteiger partial charge in [-0.25, -0.2) is 13.9 Å². The van der Waals surface area contributed by atoms with Crippen molar-refractivity contribution in [3.8, 4) is 0 Å². The Balaban J connectivity index is 1.43. The lowest BCUT2D eigenvalue weighted by Crippen LogP contribution is -2.36. The zero-order valence-electron chi connectivity index (χ0n) is 43.5. The van der Waals surface area contributed by atoms with Crippen molar-refractivity contribution in [1.29, 1.82) is 0 Å². The number of epoxide rings is 1. The normalized spacial score (nSPS) is 22.4. The van der Waals surface area contributed by atoms with Crippen LogP contribution in [0.25, 0.3) is 0 Å². The summed E-state index contributed by atoms with van der Waals surface area (Å²) in [4.78, 5) is 62.0. The number of ether oxygens (including phenoxy) is 4. The molecule has 2 aliphatic heterocycles. The van der Waals surface area contributed by atoms with Gasteiger partial charge in [0.2, 0.25) is 0 Å². The molecule has 4 unspecified atom stereocenters. The van der Waals surface area contributed by atoms with Gasteiger partial charge in [0.15, 0.2) is 12.3 Å². The first-order valence-electron chi connectivity index (χ1n) is 26.0. The highest BCUT2D eigenvalue weighted by atomic mass is 31.3. The minimum Gasteiger partial charge on any atom is -0.462 e. The Morgan fingerprint density at radius 3 is 1.80 bits per heavy atom. The van der Waals surface area contributed by atoms with Crippen molar-refractivity contribution in [3.05, 3.63) is 132 Å². The van der Waals surface area contributed by atoms with Crippen molar-refractivity contribution in [1.82, 2.24) is 9.55 Å². The van der Waals surface area contributed by atoms with Crippen LogP contribution >= 0.6 is 15.6 Å². The molecule has 2 saturated heterocycles. The number of unbranched alkanes of at least 4 members (excludes halogenated alkanes) is 4. The predicted molar refractivity (Wildman–Crippen MR) is 288 cm³/mol. The number of nitrogens with two attached hydrogens (primary N) is 1. The summed E-state index contributed by atoms with van der Waals surface area (Å²) in [5, 5.41) is 20.9. The zero-order chi connectivity index (χ0) is 54.6. The second kappa shape index (κ2) is 38.0. The number of aliphatic hydroxyl groups is 2. The van der Waals surface area contributed by atoms with Gasteiger partial charge in [-0.3, -0.25) is 23.2 Å². The number of nitrogens with zero attached hydrogens (tertiary/aromatic N) is 2. The first kappa shape index (κ1) is 64.7. The van der Waals surface area contributed by atoms with Crippen LogP contribution < -0.4 is 11.4 Å². The van der Waals surface area contributed by atoms with Gasteiger partial charge in [0.1, 0.15) is 30.7 Å². The monoisotopic (exact) mass is 1090 g/mol. The van der Waals surface area contributed by atoms with E-state index in [9.17, 15) is 43.5 Å². The molecule has 19 nitrogen and oxygen atoms in total. The highest BCUT2D eigenvalue weighted by Crippen LogP contribution is 2.60.